The summed E-state index contributed by atoms with van der Waals surface area (Å²) in [5.74, 6) is 1.22. The number of aromatic nitrogens is 3. The van der Waals surface area contributed by atoms with Crippen LogP contribution in [0.4, 0.5) is 5.82 Å². The Morgan fingerprint density at radius 3 is 2.69 bits per heavy atom. The molecular formula is C24H28ClN5O2. The summed E-state index contributed by atoms with van der Waals surface area (Å²) in [6.45, 7) is 5.07. The van der Waals surface area contributed by atoms with E-state index >= 15 is 0 Å². The van der Waals surface area contributed by atoms with Gasteiger partial charge in [0, 0.05) is 60.6 Å². The lowest BCUT2D eigenvalue weighted by atomic mass is 9.96. The van der Waals surface area contributed by atoms with Gasteiger partial charge in [0.25, 0.3) is 0 Å². The molecular weight excluding hydrogens is 426 g/mol. The summed E-state index contributed by atoms with van der Waals surface area (Å²) in [5.41, 5.74) is 3.64. The first-order valence-electron chi connectivity index (χ1n) is 11.3. The first-order chi connectivity index (χ1) is 15.6. The Kier molecular flexibility index (Phi) is 6.02. The van der Waals surface area contributed by atoms with Crippen LogP contribution in [-0.4, -0.2) is 52.9 Å². The maximum Gasteiger partial charge on any atom is 0.223 e. The molecule has 2 aliphatic heterocycles. The minimum Gasteiger partial charge on any atom is -0.376 e. The first kappa shape index (κ1) is 21.2. The lowest BCUT2D eigenvalue weighted by Crippen LogP contribution is -2.43. The number of aryl methyl sites for hydroxylation is 1. The second-order valence-corrected chi connectivity index (χ2v) is 9.14. The summed E-state index contributed by atoms with van der Waals surface area (Å²) >= 11 is 6.03. The third kappa shape index (κ3) is 4.45. The number of benzene rings is 1. The molecule has 32 heavy (non-hydrogen) atoms. The van der Waals surface area contributed by atoms with E-state index < -0.39 is 0 Å². The van der Waals surface area contributed by atoms with Gasteiger partial charge in [-0.25, -0.2) is 4.98 Å². The third-order valence-electron chi connectivity index (χ3n) is 6.39. The van der Waals surface area contributed by atoms with Gasteiger partial charge in [-0.3, -0.25) is 4.79 Å². The van der Waals surface area contributed by atoms with Crippen LogP contribution in [0.5, 0.6) is 0 Å². The molecule has 5 rings (SSSR count). The van der Waals surface area contributed by atoms with Gasteiger partial charge in [-0.1, -0.05) is 23.7 Å². The van der Waals surface area contributed by atoms with Crippen LogP contribution < -0.4 is 10.2 Å². The zero-order valence-corrected chi connectivity index (χ0v) is 19.0. The summed E-state index contributed by atoms with van der Waals surface area (Å²) < 4.78 is 7.52. The summed E-state index contributed by atoms with van der Waals surface area (Å²) in [7, 11) is 0. The van der Waals surface area contributed by atoms with Crippen LogP contribution in [0.2, 0.25) is 5.02 Å². The molecule has 2 fully saturated rings. The van der Waals surface area contributed by atoms with E-state index in [-0.39, 0.29) is 17.9 Å². The SMILES string of the molecule is Cc1cc(N2CCC(C(=O)NCC3CCCO3)CC2)n2nc(-c3ccc(Cl)cc3)cc2n1. The number of anilines is 1. The van der Waals surface area contributed by atoms with Crippen molar-refractivity contribution in [3.05, 3.63) is 47.1 Å². The fourth-order valence-electron chi connectivity index (χ4n) is 4.60. The molecule has 0 radical (unpaired) electrons. The fraction of sp³-hybridized carbons (Fsp3) is 0.458. The molecule has 1 aromatic carbocycles. The second-order valence-electron chi connectivity index (χ2n) is 8.70. The molecule has 2 aliphatic rings. The van der Waals surface area contributed by atoms with Gasteiger partial charge in [-0.15, -0.1) is 0 Å². The van der Waals surface area contributed by atoms with Crippen LogP contribution >= 0.6 is 11.6 Å². The number of rotatable bonds is 5. The van der Waals surface area contributed by atoms with Crippen LogP contribution in [0.3, 0.4) is 0 Å². The van der Waals surface area contributed by atoms with Gasteiger partial charge in [0.1, 0.15) is 5.82 Å². The molecule has 1 N–H and O–H groups in total. The monoisotopic (exact) mass is 453 g/mol. The molecule has 4 heterocycles. The molecule has 0 spiro atoms. The quantitative estimate of drug-likeness (QED) is 0.635. The number of ether oxygens (including phenoxy) is 1. The lowest BCUT2D eigenvalue weighted by Gasteiger charge is -2.33. The van der Waals surface area contributed by atoms with Crippen molar-refractivity contribution in [2.75, 3.05) is 31.1 Å². The van der Waals surface area contributed by atoms with Gasteiger partial charge < -0.3 is 15.0 Å². The predicted octanol–water partition coefficient (Wildman–Crippen LogP) is 3.87. The molecule has 0 saturated carbocycles. The molecule has 1 unspecified atom stereocenters. The molecule has 8 heteroatoms. The molecule has 2 aromatic heterocycles. The van der Waals surface area contributed by atoms with Gasteiger partial charge in [-0.05, 0) is 44.7 Å². The predicted molar refractivity (Wildman–Crippen MR) is 125 cm³/mol. The summed E-state index contributed by atoms with van der Waals surface area (Å²) in [5, 5.41) is 8.63. The number of piperidine rings is 1. The van der Waals surface area contributed by atoms with E-state index in [0.717, 1.165) is 73.8 Å². The van der Waals surface area contributed by atoms with Crippen molar-refractivity contribution >= 4 is 29.0 Å². The van der Waals surface area contributed by atoms with Gasteiger partial charge in [0.2, 0.25) is 5.91 Å². The third-order valence-corrected chi connectivity index (χ3v) is 6.65. The molecule has 1 amide bonds. The standard InChI is InChI=1S/C24H28ClN5O2/c1-16-13-23(30-22(27-16)14-21(28-30)17-4-6-19(25)7-5-17)29-10-8-18(9-11-29)24(31)26-15-20-3-2-12-32-20/h4-7,13-14,18,20H,2-3,8-12,15H2,1H3,(H,26,31). The van der Waals surface area contributed by atoms with Crippen LogP contribution in [0, 0.1) is 12.8 Å². The van der Waals surface area contributed by atoms with Gasteiger partial charge in [0.15, 0.2) is 5.65 Å². The van der Waals surface area contributed by atoms with Crippen LogP contribution in [-0.2, 0) is 9.53 Å². The highest BCUT2D eigenvalue weighted by atomic mass is 35.5. The number of carbonyl (C=O) groups is 1. The molecule has 168 valence electrons. The van der Waals surface area contributed by atoms with E-state index in [1.807, 2.05) is 41.8 Å². The van der Waals surface area contributed by atoms with E-state index in [0.29, 0.717) is 11.6 Å². The highest BCUT2D eigenvalue weighted by Gasteiger charge is 2.27. The number of nitrogens with zero attached hydrogens (tertiary/aromatic N) is 4. The normalized spacial score (nSPS) is 19.6. The molecule has 0 bridgehead atoms. The Hall–Kier alpha value is -2.64. The van der Waals surface area contributed by atoms with Crippen molar-refractivity contribution in [3.8, 4) is 11.3 Å². The Morgan fingerprint density at radius 1 is 1.19 bits per heavy atom. The van der Waals surface area contributed by atoms with E-state index in [1.165, 1.54) is 0 Å². The largest absolute Gasteiger partial charge is 0.376 e. The molecule has 3 aromatic rings. The second kappa shape index (κ2) is 9.08. The van der Waals surface area contributed by atoms with E-state index in [4.69, 9.17) is 21.4 Å². The maximum atomic E-state index is 12.6. The Morgan fingerprint density at radius 2 is 1.97 bits per heavy atom. The van der Waals surface area contributed by atoms with E-state index in [9.17, 15) is 4.79 Å². The minimum atomic E-state index is 0.0494. The number of amides is 1. The van der Waals surface area contributed by atoms with Crippen LogP contribution in [0.25, 0.3) is 16.9 Å². The Labute approximate surface area is 192 Å². The van der Waals surface area contributed by atoms with Crippen molar-refractivity contribution in [2.24, 2.45) is 5.92 Å². The molecule has 0 aliphatic carbocycles. The van der Waals surface area contributed by atoms with Crippen molar-refractivity contribution in [2.45, 2.75) is 38.7 Å². The minimum absolute atomic E-state index is 0.0494. The number of hydrogen-bond donors (Lipinski definition) is 1. The van der Waals surface area contributed by atoms with E-state index in [2.05, 4.69) is 21.3 Å². The lowest BCUT2D eigenvalue weighted by molar-refractivity contribution is -0.126. The van der Waals surface area contributed by atoms with Crippen molar-refractivity contribution < 1.29 is 9.53 Å². The van der Waals surface area contributed by atoms with Gasteiger partial charge in [0.05, 0.1) is 11.8 Å². The number of halogens is 1. The van der Waals surface area contributed by atoms with Crippen molar-refractivity contribution in [1.29, 1.82) is 0 Å². The zero-order valence-electron chi connectivity index (χ0n) is 18.3. The van der Waals surface area contributed by atoms with Gasteiger partial charge >= 0.3 is 0 Å². The Balaban J connectivity index is 1.29. The van der Waals surface area contributed by atoms with Gasteiger partial charge in [-0.2, -0.15) is 9.61 Å². The average Bonchev–Trinajstić information content (AvgIpc) is 3.47. The highest BCUT2D eigenvalue weighted by molar-refractivity contribution is 6.30. The Bertz CT molecular complexity index is 1100. The number of nitrogens with one attached hydrogen (secondary N) is 1. The topological polar surface area (TPSA) is 71.8 Å². The average molecular weight is 454 g/mol. The molecule has 2 saturated heterocycles. The van der Waals surface area contributed by atoms with Crippen LogP contribution in [0.15, 0.2) is 36.4 Å². The smallest absolute Gasteiger partial charge is 0.223 e. The first-order valence-corrected chi connectivity index (χ1v) is 11.7. The van der Waals surface area contributed by atoms with E-state index in [1.54, 1.807) is 0 Å². The van der Waals surface area contributed by atoms with Crippen molar-refractivity contribution in [1.82, 2.24) is 19.9 Å². The number of hydrogen-bond acceptors (Lipinski definition) is 5. The fourth-order valence-corrected chi connectivity index (χ4v) is 4.73. The number of carbonyl (C=O) groups excluding carboxylic acids is 1. The summed E-state index contributed by atoms with van der Waals surface area (Å²) in [4.78, 5) is 19.6. The van der Waals surface area contributed by atoms with Crippen LogP contribution in [0.1, 0.15) is 31.4 Å². The maximum absolute atomic E-state index is 12.6. The summed E-state index contributed by atoms with van der Waals surface area (Å²) in [6.07, 6.45) is 3.96. The zero-order chi connectivity index (χ0) is 22.1. The molecule has 1 atom stereocenters. The number of fused-ring (bicyclic) bond motifs is 1. The highest BCUT2D eigenvalue weighted by Crippen LogP contribution is 2.27. The molecule has 7 nitrogen and oxygen atoms in total. The van der Waals surface area contributed by atoms with Crippen molar-refractivity contribution in [3.63, 3.8) is 0 Å². The summed E-state index contributed by atoms with van der Waals surface area (Å²) in [6, 6.07) is 11.8.